The SMILES string of the molecule is O=C(O)C1CCCN(C(=O)c2cncc(F)c2)C1. The number of likely N-dealkylation sites (tertiary alicyclic amines) is 1. The van der Waals surface area contributed by atoms with E-state index in [1.165, 1.54) is 11.1 Å². The molecule has 18 heavy (non-hydrogen) atoms. The van der Waals surface area contributed by atoms with Crippen LogP contribution in [0.1, 0.15) is 23.2 Å². The number of carboxylic acid groups (broad SMARTS) is 1. The Hall–Kier alpha value is -1.98. The van der Waals surface area contributed by atoms with Gasteiger partial charge in [0.25, 0.3) is 5.91 Å². The maximum atomic E-state index is 13.0. The van der Waals surface area contributed by atoms with Gasteiger partial charge >= 0.3 is 5.97 Å². The van der Waals surface area contributed by atoms with Gasteiger partial charge in [-0.3, -0.25) is 14.6 Å². The summed E-state index contributed by atoms with van der Waals surface area (Å²) in [4.78, 5) is 28.0. The second-order valence-electron chi connectivity index (χ2n) is 4.32. The van der Waals surface area contributed by atoms with Gasteiger partial charge in [-0.15, -0.1) is 0 Å². The van der Waals surface area contributed by atoms with E-state index in [4.69, 9.17) is 5.11 Å². The zero-order valence-electron chi connectivity index (χ0n) is 9.67. The van der Waals surface area contributed by atoms with Crippen LogP contribution in [0.5, 0.6) is 0 Å². The monoisotopic (exact) mass is 252 g/mol. The number of carbonyl (C=O) groups is 2. The van der Waals surface area contributed by atoms with Gasteiger partial charge in [0.05, 0.1) is 17.7 Å². The highest BCUT2D eigenvalue weighted by Crippen LogP contribution is 2.18. The molecule has 0 spiro atoms. The molecule has 6 heteroatoms. The van der Waals surface area contributed by atoms with E-state index >= 15 is 0 Å². The van der Waals surface area contributed by atoms with E-state index in [9.17, 15) is 14.0 Å². The van der Waals surface area contributed by atoms with Gasteiger partial charge in [-0.1, -0.05) is 0 Å². The summed E-state index contributed by atoms with van der Waals surface area (Å²) in [6.07, 6.45) is 3.52. The van der Waals surface area contributed by atoms with E-state index in [0.717, 1.165) is 12.3 Å². The molecule has 1 aliphatic heterocycles. The number of hydrogen-bond acceptors (Lipinski definition) is 3. The molecule has 1 fully saturated rings. The number of rotatable bonds is 2. The van der Waals surface area contributed by atoms with Crippen molar-refractivity contribution in [3.05, 3.63) is 29.8 Å². The zero-order chi connectivity index (χ0) is 13.1. The molecular formula is C12H13FN2O3. The number of halogens is 1. The lowest BCUT2D eigenvalue weighted by molar-refractivity contribution is -0.143. The van der Waals surface area contributed by atoms with E-state index in [-0.39, 0.29) is 18.0 Å². The van der Waals surface area contributed by atoms with E-state index in [1.807, 2.05) is 0 Å². The minimum absolute atomic E-state index is 0.154. The van der Waals surface area contributed by atoms with Crippen LogP contribution in [0.4, 0.5) is 4.39 Å². The molecule has 0 bridgehead atoms. The van der Waals surface area contributed by atoms with Crippen LogP contribution in [0, 0.1) is 11.7 Å². The molecule has 0 radical (unpaired) electrons. The molecule has 0 aromatic carbocycles. The van der Waals surface area contributed by atoms with Crippen molar-refractivity contribution in [2.24, 2.45) is 5.92 Å². The van der Waals surface area contributed by atoms with Crippen molar-refractivity contribution in [2.45, 2.75) is 12.8 Å². The van der Waals surface area contributed by atoms with Crippen LogP contribution in [0.3, 0.4) is 0 Å². The molecule has 2 heterocycles. The minimum atomic E-state index is -0.898. The van der Waals surface area contributed by atoms with Gasteiger partial charge in [0.2, 0.25) is 0 Å². The molecule has 5 nitrogen and oxygen atoms in total. The second-order valence-corrected chi connectivity index (χ2v) is 4.32. The summed E-state index contributed by atoms with van der Waals surface area (Å²) in [6.45, 7) is 0.670. The van der Waals surface area contributed by atoms with E-state index in [1.54, 1.807) is 0 Å². The maximum absolute atomic E-state index is 13.0. The smallest absolute Gasteiger partial charge is 0.308 e. The number of aliphatic carboxylic acids is 1. The van der Waals surface area contributed by atoms with Gasteiger partial charge in [-0.25, -0.2) is 4.39 Å². The average molecular weight is 252 g/mol. The van der Waals surface area contributed by atoms with Gasteiger partial charge in [-0.05, 0) is 18.9 Å². The first kappa shape index (κ1) is 12.5. The molecule has 1 aromatic rings. The molecule has 96 valence electrons. The second kappa shape index (κ2) is 5.12. The molecule has 2 rings (SSSR count). The lowest BCUT2D eigenvalue weighted by Crippen LogP contribution is -2.42. The number of hydrogen-bond donors (Lipinski definition) is 1. The molecular weight excluding hydrogens is 239 g/mol. The Morgan fingerprint density at radius 2 is 2.22 bits per heavy atom. The van der Waals surface area contributed by atoms with Crippen molar-refractivity contribution in [3.8, 4) is 0 Å². The van der Waals surface area contributed by atoms with Crippen molar-refractivity contribution in [3.63, 3.8) is 0 Å². The quantitative estimate of drug-likeness (QED) is 0.857. The van der Waals surface area contributed by atoms with Crippen LogP contribution >= 0.6 is 0 Å². The van der Waals surface area contributed by atoms with Gasteiger partial charge in [0.15, 0.2) is 0 Å². The molecule has 0 aliphatic carbocycles. The van der Waals surface area contributed by atoms with Gasteiger partial charge in [-0.2, -0.15) is 0 Å². The Kier molecular flexibility index (Phi) is 3.55. The third kappa shape index (κ3) is 2.64. The molecule has 1 aromatic heterocycles. The molecule has 1 atom stereocenters. The predicted octanol–water partition coefficient (Wildman–Crippen LogP) is 1.16. The summed E-state index contributed by atoms with van der Waals surface area (Å²) < 4.78 is 13.0. The first-order valence-corrected chi connectivity index (χ1v) is 5.70. The first-order valence-electron chi connectivity index (χ1n) is 5.70. The number of carboxylic acids is 1. The normalized spacial score (nSPS) is 19.6. The number of amides is 1. The van der Waals surface area contributed by atoms with E-state index in [0.29, 0.717) is 19.4 Å². The van der Waals surface area contributed by atoms with Gasteiger partial charge in [0.1, 0.15) is 5.82 Å². The Bertz CT molecular complexity index is 478. The Balaban J connectivity index is 2.11. The third-order valence-electron chi connectivity index (χ3n) is 3.01. The van der Waals surface area contributed by atoms with Gasteiger partial charge < -0.3 is 10.0 Å². The summed E-state index contributed by atoms with van der Waals surface area (Å²) >= 11 is 0. The topological polar surface area (TPSA) is 70.5 Å². The average Bonchev–Trinajstić information content (AvgIpc) is 2.38. The summed E-state index contributed by atoms with van der Waals surface area (Å²) in [5, 5.41) is 8.94. The molecule has 1 N–H and O–H groups in total. The van der Waals surface area contributed by atoms with Crippen LogP contribution < -0.4 is 0 Å². The standard InChI is InChI=1S/C12H13FN2O3/c13-10-4-9(5-14-6-10)11(16)15-3-1-2-8(7-15)12(17)18/h4-6,8H,1-3,7H2,(H,17,18). The van der Waals surface area contributed by atoms with Crippen LogP contribution in [0.25, 0.3) is 0 Å². The van der Waals surface area contributed by atoms with Crippen molar-refractivity contribution < 1.29 is 19.1 Å². The third-order valence-corrected chi connectivity index (χ3v) is 3.01. The highest BCUT2D eigenvalue weighted by atomic mass is 19.1. The van der Waals surface area contributed by atoms with Crippen molar-refractivity contribution in [1.29, 1.82) is 0 Å². The minimum Gasteiger partial charge on any atom is -0.481 e. The number of carbonyl (C=O) groups excluding carboxylic acids is 1. The van der Waals surface area contributed by atoms with Crippen molar-refractivity contribution in [1.82, 2.24) is 9.88 Å². The highest BCUT2D eigenvalue weighted by Gasteiger charge is 2.28. The molecule has 1 unspecified atom stereocenters. The summed E-state index contributed by atoms with van der Waals surface area (Å²) in [7, 11) is 0. The largest absolute Gasteiger partial charge is 0.481 e. The summed E-state index contributed by atoms with van der Waals surface area (Å²) in [5.41, 5.74) is 0.154. The van der Waals surface area contributed by atoms with Crippen LogP contribution in [-0.2, 0) is 4.79 Å². The van der Waals surface area contributed by atoms with Crippen LogP contribution in [-0.4, -0.2) is 40.0 Å². The van der Waals surface area contributed by atoms with Crippen LogP contribution in [0.15, 0.2) is 18.5 Å². The maximum Gasteiger partial charge on any atom is 0.308 e. The lowest BCUT2D eigenvalue weighted by atomic mass is 9.98. The van der Waals surface area contributed by atoms with E-state index in [2.05, 4.69) is 4.98 Å². The Morgan fingerprint density at radius 3 is 2.89 bits per heavy atom. The zero-order valence-corrected chi connectivity index (χ0v) is 9.67. The molecule has 0 saturated carbocycles. The molecule has 1 saturated heterocycles. The van der Waals surface area contributed by atoms with Crippen molar-refractivity contribution in [2.75, 3.05) is 13.1 Å². The fourth-order valence-corrected chi connectivity index (χ4v) is 2.07. The first-order chi connectivity index (χ1) is 8.58. The number of aromatic nitrogens is 1. The molecule has 1 aliphatic rings. The fourth-order valence-electron chi connectivity index (χ4n) is 2.07. The number of piperidine rings is 1. The van der Waals surface area contributed by atoms with Crippen LogP contribution in [0.2, 0.25) is 0 Å². The van der Waals surface area contributed by atoms with E-state index < -0.39 is 17.7 Å². The number of pyridine rings is 1. The lowest BCUT2D eigenvalue weighted by Gasteiger charge is -2.30. The molecule has 1 amide bonds. The van der Waals surface area contributed by atoms with Gasteiger partial charge in [0, 0.05) is 19.3 Å². The fraction of sp³-hybridized carbons (Fsp3) is 0.417. The summed E-state index contributed by atoms with van der Waals surface area (Å²) in [5.74, 6) is -2.38. The van der Waals surface area contributed by atoms with Crippen molar-refractivity contribution >= 4 is 11.9 Å². The number of nitrogens with zero attached hydrogens (tertiary/aromatic N) is 2. The predicted molar refractivity (Wildman–Crippen MR) is 60.5 cm³/mol. The Labute approximate surface area is 103 Å². The summed E-state index contributed by atoms with van der Waals surface area (Å²) in [6, 6.07) is 1.11. The highest BCUT2D eigenvalue weighted by molar-refractivity contribution is 5.94. The Morgan fingerprint density at radius 1 is 1.44 bits per heavy atom.